The van der Waals surface area contributed by atoms with Crippen molar-refractivity contribution in [3.8, 4) is 0 Å². The summed E-state index contributed by atoms with van der Waals surface area (Å²) in [6, 6.07) is 6.63. The van der Waals surface area contributed by atoms with Gasteiger partial charge in [-0.05, 0) is 38.1 Å². The van der Waals surface area contributed by atoms with Gasteiger partial charge in [0.25, 0.3) is 0 Å². The van der Waals surface area contributed by atoms with E-state index in [0.29, 0.717) is 10.7 Å². The number of hydrogen-bond acceptors (Lipinski definition) is 4. The van der Waals surface area contributed by atoms with E-state index in [-0.39, 0.29) is 18.8 Å². The summed E-state index contributed by atoms with van der Waals surface area (Å²) in [5.74, 6) is -1.09. The lowest BCUT2D eigenvalue weighted by molar-refractivity contribution is -0.135. The lowest BCUT2D eigenvalue weighted by atomic mass is 10.3. The molecule has 0 saturated carbocycles. The third kappa shape index (κ3) is 5.02. The SMILES string of the molecule is CC(C)S(=O)(=O)CCN(CC(=O)O)c1ccc(Cl)cc1. The average molecular weight is 320 g/mol. The van der Waals surface area contributed by atoms with Gasteiger partial charge in [0, 0.05) is 17.3 Å². The standard InChI is InChI=1S/C13H18ClNO4S/c1-10(2)20(18,19)8-7-15(9-13(16)17)12-5-3-11(14)4-6-12/h3-6,10H,7-9H2,1-2H3,(H,16,17). The topological polar surface area (TPSA) is 74.7 Å². The Labute approximate surface area is 124 Å². The molecule has 0 bridgehead atoms. The molecular weight excluding hydrogens is 302 g/mol. The fourth-order valence-electron chi connectivity index (χ4n) is 1.59. The summed E-state index contributed by atoms with van der Waals surface area (Å²) in [6.45, 7) is 3.10. The number of carbonyl (C=O) groups is 1. The number of benzene rings is 1. The number of sulfone groups is 1. The highest BCUT2D eigenvalue weighted by molar-refractivity contribution is 7.92. The van der Waals surface area contributed by atoms with Crippen LogP contribution in [0.25, 0.3) is 0 Å². The molecule has 0 aliphatic rings. The Bertz CT molecular complexity index is 554. The predicted octanol–water partition coefficient (Wildman–Crippen LogP) is 2.05. The molecule has 0 heterocycles. The number of halogens is 1. The van der Waals surface area contributed by atoms with Gasteiger partial charge >= 0.3 is 5.97 Å². The van der Waals surface area contributed by atoms with Crippen molar-refractivity contribution in [2.45, 2.75) is 19.1 Å². The highest BCUT2D eigenvalue weighted by Crippen LogP contribution is 2.18. The van der Waals surface area contributed by atoms with Gasteiger partial charge in [-0.2, -0.15) is 0 Å². The molecule has 0 spiro atoms. The van der Waals surface area contributed by atoms with Crippen LogP contribution in [0.1, 0.15) is 13.8 Å². The van der Waals surface area contributed by atoms with Gasteiger partial charge in [-0.3, -0.25) is 4.79 Å². The fourth-order valence-corrected chi connectivity index (χ4v) is 2.66. The van der Waals surface area contributed by atoms with Crippen molar-refractivity contribution in [1.82, 2.24) is 0 Å². The highest BCUT2D eigenvalue weighted by atomic mass is 35.5. The maximum Gasteiger partial charge on any atom is 0.323 e. The molecule has 0 aliphatic heterocycles. The largest absolute Gasteiger partial charge is 0.480 e. The Morgan fingerprint density at radius 2 is 1.85 bits per heavy atom. The molecule has 0 aliphatic carbocycles. The molecule has 0 unspecified atom stereocenters. The predicted molar refractivity (Wildman–Crippen MR) is 80.2 cm³/mol. The molecule has 0 saturated heterocycles. The van der Waals surface area contributed by atoms with Crippen LogP contribution in [-0.4, -0.2) is 43.6 Å². The van der Waals surface area contributed by atoms with Crippen molar-refractivity contribution in [3.63, 3.8) is 0 Å². The van der Waals surface area contributed by atoms with Crippen LogP contribution in [0.5, 0.6) is 0 Å². The minimum absolute atomic E-state index is 0.0828. The number of rotatable bonds is 7. The summed E-state index contributed by atoms with van der Waals surface area (Å²) in [4.78, 5) is 12.4. The van der Waals surface area contributed by atoms with E-state index in [9.17, 15) is 13.2 Å². The van der Waals surface area contributed by atoms with Crippen molar-refractivity contribution in [2.24, 2.45) is 0 Å². The Morgan fingerprint density at radius 3 is 2.30 bits per heavy atom. The minimum Gasteiger partial charge on any atom is -0.480 e. The Kier molecular flexibility index (Phi) is 5.83. The fraction of sp³-hybridized carbons (Fsp3) is 0.462. The summed E-state index contributed by atoms with van der Waals surface area (Å²) < 4.78 is 23.6. The normalized spacial score (nSPS) is 11.6. The second kappa shape index (κ2) is 6.95. The van der Waals surface area contributed by atoms with E-state index in [1.54, 1.807) is 38.1 Å². The summed E-state index contributed by atoms with van der Waals surface area (Å²) in [5.41, 5.74) is 0.635. The Hall–Kier alpha value is -1.27. The molecule has 20 heavy (non-hydrogen) atoms. The summed E-state index contributed by atoms with van der Waals surface area (Å²) in [7, 11) is -3.21. The molecule has 1 N–H and O–H groups in total. The first-order valence-electron chi connectivity index (χ1n) is 6.16. The lowest BCUT2D eigenvalue weighted by Gasteiger charge is -2.23. The van der Waals surface area contributed by atoms with Crippen molar-refractivity contribution < 1.29 is 18.3 Å². The lowest BCUT2D eigenvalue weighted by Crippen LogP contribution is -2.35. The number of hydrogen-bond donors (Lipinski definition) is 1. The second-order valence-corrected chi connectivity index (χ2v) is 7.82. The van der Waals surface area contributed by atoms with Crippen LogP contribution in [0.3, 0.4) is 0 Å². The molecule has 1 rings (SSSR count). The first-order chi connectivity index (χ1) is 9.22. The molecule has 0 fully saturated rings. The Balaban J connectivity index is 2.85. The van der Waals surface area contributed by atoms with Crippen molar-refractivity contribution in [3.05, 3.63) is 29.3 Å². The van der Waals surface area contributed by atoms with Crippen LogP contribution in [0.2, 0.25) is 5.02 Å². The number of anilines is 1. The van der Waals surface area contributed by atoms with Crippen molar-refractivity contribution in [1.29, 1.82) is 0 Å². The van der Waals surface area contributed by atoms with Gasteiger partial charge < -0.3 is 10.0 Å². The van der Waals surface area contributed by atoms with E-state index in [1.165, 1.54) is 4.90 Å². The summed E-state index contributed by atoms with van der Waals surface area (Å²) in [5, 5.41) is 8.99. The van der Waals surface area contributed by atoms with E-state index in [0.717, 1.165) is 0 Å². The monoisotopic (exact) mass is 319 g/mol. The van der Waals surface area contributed by atoms with Gasteiger partial charge in [0.1, 0.15) is 6.54 Å². The van der Waals surface area contributed by atoms with Crippen molar-refractivity contribution >= 4 is 33.1 Å². The first kappa shape index (κ1) is 16.8. The molecule has 112 valence electrons. The van der Waals surface area contributed by atoms with E-state index in [1.807, 2.05) is 0 Å². The smallest absolute Gasteiger partial charge is 0.323 e. The third-order valence-electron chi connectivity index (χ3n) is 2.88. The van der Waals surface area contributed by atoms with E-state index < -0.39 is 21.1 Å². The minimum atomic E-state index is -3.21. The van der Waals surface area contributed by atoms with Gasteiger partial charge in [-0.15, -0.1) is 0 Å². The summed E-state index contributed by atoms with van der Waals surface area (Å²) in [6.07, 6.45) is 0. The molecule has 0 aromatic heterocycles. The van der Waals surface area contributed by atoms with Gasteiger partial charge in [-0.25, -0.2) is 8.42 Å². The molecular formula is C13H18ClNO4S. The number of aliphatic carboxylic acids is 1. The zero-order chi connectivity index (χ0) is 15.3. The van der Waals surface area contributed by atoms with Crippen LogP contribution >= 0.6 is 11.6 Å². The number of carboxylic acid groups (broad SMARTS) is 1. The van der Waals surface area contributed by atoms with Crippen LogP contribution < -0.4 is 4.90 Å². The van der Waals surface area contributed by atoms with Gasteiger partial charge in [0.05, 0.1) is 11.0 Å². The molecule has 0 radical (unpaired) electrons. The second-order valence-electron chi connectivity index (χ2n) is 4.71. The molecule has 0 atom stereocenters. The number of carboxylic acids is 1. The highest BCUT2D eigenvalue weighted by Gasteiger charge is 2.19. The van der Waals surface area contributed by atoms with Crippen LogP contribution in [-0.2, 0) is 14.6 Å². The molecule has 1 aromatic carbocycles. The average Bonchev–Trinajstić information content (AvgIpc) is 2.35. The van der Waals surface area contributed by atoms with E-state index in [4.69, 9.17) is 16.7 Å². The zero-order valence-corrected chi connectivity index (χ0v) is 13.0. The van der Waals surface area contributed by atoms with Crippen LogP contribution in [0.4, 0.5) is 5.69 Å². The van der Waals surface area contributed by atoms with Crippen molar-refractivity contribution in [2.75, 3.05) is 23.7 Å². The Morgan fingerprint density at radius 1 is 1.30 bits per heavy atom. The number of nitrogens with zero attached hydrogens (tertiary/aromatic N) is 1. The van der Waals surface area contributed by atoms with E-state index in [2.05, 4.69) is 0 Å². The molecule has 1 aromatic rings. The van der Waals surface area contributed by atoms with Gasteiger partial charge in [0.2, 0.25) is 0 Å². The van der Waals surface area contributed by atoms with Gasteiger partial charge in [0.15, 0.2) is 9.84 Å². The molecule has 5 nitrogen and oxygen atoms in total. The van der Waals surface area contributed by atoms with E-state index >= 15 is 0 Å². The maximum absolute atomic E-state index is 11.8. The zero-order valence-electron chi connectivity index (χ0n) is 11.4. The molecule has 0 amide bonds. The van der Waals surface area contributed by atoms with Gasteiger partial charge in [-0.1, -0.05) is 11.6 Å². The maximum atomic E-state index is 11.8. The van der Waals surface area contributed by atoms with Crippen LogP contribution in [0.15, 0.2) is 24.3 Å². The first-order valence-corrected chi connectivity index (χ1v) is 8.25. The third-order valence-corrected chi connectivity index (χ3v) is 5.32. The molecule has 7 heteroatoms. The quantitative estimate of drug-likeness (QED) is 0.832. The van der Waals surface area contributed by atoms with Crippen LogP contribution in [0, 0.1) is 0 Å². The summed E-state index contributed by atoms with van der Waals surface area (Å²) >= 11 is 5.78.